The Morgan fingerprint density at radius 1 is 1.23 bits per heavy atom. The molecule has 1 aliphatic heterocycles. The van der Waals surface area contributed by atoms with Gasteiger partial charge in [0.1, 0.15) is 5.75 Å². The lowest BCUT2D eigenvalue weighted by Gasteiger charge is -2.32. The number of nitrogens with zero attached hydrogens (tertiary/aromatic N) is 4. The number of amides is 1. The van der Waals surface area contributed by atoms with Crippen LogP contribution >= 0.6 is 0 Å². The number of ether oxygens (including phenoxy) is 1. The molecule has 1 aromatic carbocycles. The minimum absolute atomic E-state index is 0.0176. The summed E-state index contributed by atoms with van der Waals surface area (Å²) in [7, 11) is 0. The van der Waals surface area contributed by atoms with Crippen LogP contribution in [-0.4, -0.2) is 46.5 Å². The van der Waals surface area contributed by atoms with Crippen molar-refractivity contribution in [2.75, 3.05) is 24.6 Å². The molecule has 2 heterocycles. The number of non-ortho nitro benzene ring substituents is 1. The van der Waals surface area contributed by atoms with Crippen molar-refractivity contribution in [1.82, 2.24) is 15.3 Å². The zero-order chi connectivity index (χ0) is 18.4. The van der Waals surface area contributed by atoms with Gasteiger partial charge in [0.2, 0.25) is 5.95 Å². The second-order valence-corrected chi connectivity index (χ2v) is 5.92. The molecule has 0 spiro atoms. The van der Waals surface area contributed by atoms with Crippen molar-refractivity contribution in [3.05, 3.63) is 52.8 Å². The Hall–Kier alpha value is -3.23. The predicted octanol–water partition coefficient (Wildman–Crippen LogP) is 1.55. The third kappa shape index (κ3) is 4.65. The Morgan fingerprint density at radius 3 is 2.50 bits per heavy atom. The number of anilines is 1. The largest absolute Gasteiger partial charge is 0.484 e. The van der Waals surface area contributed by atoms with Crippen LogP contribution in [0.2, 0.25) is 0 Å². The normalized spacial score (nSPS) is 14.7. The molecule has 1 fully saturated rings. The molecule has 136 valence electrons. The number of nitro benzene ring substituents is 1. The molecule has 0 radical (unpaired) electrons. The van der Waals surface area contributed by atoms with Crippen LogP contribution in [0.25, 0.3) is 0 Å². The number of piperidine rings is 1. The number of hydrogen-bond donors (Lipinski definition) is 1. The van der Waals surface area contributed by atoms with Crippen molar-refractivity contribution in [2.45, 2.75) is 18.9 Å². The Bertz CT molecular complexity index is 746. The van der Waals surface area contributed by atoms with E-state index in [4.69, 9.17) is 4.74 Å². The molecule has 3 rings (SSSR count). The maximum Gasteiger partial charge on any atom is 0.269 e. The minimum Gasteiger partial charge on any atom is -0.484 e. The molecule has 1 aliphatic rings. The van der Waals surface area contributed by atoms with Crippen LogP contribution in [0.5, 0.6) is 5.75 Å². The molecule has 2 aromatic rings. The number of aromatic nitrogens is 2. The second-order valence-electron chi connectivity index (χ2n) is 5.92. The van der Waals surface area contributed by atoms with Gasteiger partial charge in [0.05, 0.1) is 4.92 Å². The van der Waals surface area contributed by atoms with Crippen LogP contribution in [0.15, 0.2) is 42.7 Å². The first kappa shape index (κ1) is 17.6. The average Bonchev–Trinajstić information content (AvgIpc) is 2.68. The van der Waals surface area contributed by atoms with Gasteiger partial charge in [-0.15, -0.1) is 0 Å². The summed E-state index contributed by atoms with van der Waals surface area (Å²) in [5, 5.41) is 13.6. The number of carbonyl (C=O) groups is 1. The third-order valence-electron chi connectivity index (χ3n) is 4.11. The number of rotatable bonds is 6. The van der Waals surface area contributed by atoms with E-state index in [0.29, 0.717) is 11.7 Å². The Labute approximate surface area is 150 Å². The summed E-state index contributed by atoms with van der Waals surface area (Å²) in [6.45, 7) is 1.43. The molecule has 0 aliphatic carbocycles. The monoisotopic (exact) mass is 357 g/mol. The van der Waals surface area contributed by atoms with Gasteiger partial charge >= 0.3 is 0 Å². The van der Waals surface area contributed by atoms with Crippen LogP contribution in [0, 0.1) is 10.1 Å². The molecule has 1 amide bonds. The summed E-state index contributed by atoms with van der Waals surface area (Å²) < 4.78 is 5.37. The Morgan fingerprint density at radius 2 is 1.88 bits per heavy atom. The number of hydrogen-bond acceptors (Lipinski definition) is 7. The second kappa shape index (κ2) is 8.24. The fraction of sp³-hybridized carbons (Fsp3) is 0.353. The lowest BCUT2D eigenvalue weighted by atomic mass is 10.1. The molecule has 1 saturated heterocycles. The molecular formula is C17H19N5O4. The fourth-order valence-electron chi connectivity index (χ4n) is 2.76. The molecule has 9 nitrogen and oxygen atoms in total. The van der Waals surface area contributed by atoms with Gasteiger partial charge < -0.3 is 15.0 Å². The maximum absolute atomic E-state index is 12.0. The van der Waals surface area contributed by atoms with E-state index in [1.807, 2.05) is 0 Å². The standard InChI is InChI=1S/C17H19N5O4/c23-16(12-26-15-4-2-14(3-5-15)22(24)25)20-13-6-10-21(11-7-13)17-18-8-1-9-19-17/h1-5,8-9,13H,6-7,10-12H2,(H,20,23). The van der Waals surface area contributed by atoms with Gasteiger partial charge in [0.25, 0.3) is 11.6 Å². The van der Waals surface area contributed by atoms with Gasteiger partial charge in [-0.1, -0.05) is 0 Å². The fourth-order valence-corrected chi connectivity index (χ4v) is 2.76. The Balaban J connectivity index is 1.41. The average molecular weight is 357 g/mol. The van der Waals surface area contributed by atoms with E-state index in [1.165, 1.54) is 24.3 Å². The van der Waals surface area contributed by atoms with Gasteiger partial charge in [0.15, 0.2) is 6.61 Å². The van der Waals surface area contributed by atoms with Gasteiger partial charge in [-0.2, -0.15) is 0 Å². The highest BCUT2D eigenvalue weighted by Crippen LogP contribution is 2.18. The van der Waals surface area contributed by atoms with E-state index in [-0.39, 0.29) is 24.2 Å². The maximum atomic E-state index is 12.0. The van der Waals surface area contributed by atoms with Crippen LogP contribution in [-0.2, 0) is 4.79 Å². The third-order valence-corrected chi connectivity index (χ3v) is 4.11. The van der Waals surface area contributed by atoms with Crippen LogP contribution < -0.4 is 15.0 Å². The highest BCUT2D eigenvalue weighted by Gasteiger charge is 2.22. The zero-order valence-electron chi connectivity index (χ0n) is 14.1. The number of nitrogens with one attached hydrogen (secondary N) is 1. The van der Waals surface area contributed by atoms with Gasteiger partial charge in [-0.25, -0.2) is 9.97 Å². The van der Waals surface area contributed by atoms with Gasteiger partial charge in [0, 0.05) is 43.7 Å². The number of nitro groups is 1. The lowest BCUT2D eigenvalue weighted by molar-refractivity contribution is -0.384. The minimum atomic E-state index is -0.483. The summed E-state index contributed by atoms with van der Waals surface area (Å²) in [6, 6.07) is 7.50. The van der Waals surface area contributed by atoms with Crippen molar-refractivity contribution >= 4 is 17.5 Å². The van der Waals surface area contributed by atoms with Crippen molar-refractivity contribution < 1.29 is 14.5 Å². The molecule has 26 heavy (non-hydrogen) atoms. The first-order valence-corrected chi connectivity index (χ1v) is 8.30. The highest BCUT2D eigenvalue weighted by molar-refractivity contribution is 5.77. The van der Waals surface area contributed by atoms with E-state index in [1.54, 1.807) is 18.5 Å². The molecule has 0 unspecified atom stereocenters. The van der Waals surface area contributed by atoms with Crippen LogP contribution in [0.4, 0.5) is 11.6 Å². The van der Waals surface area contributed by atoms with E-state index in [0.717, 1.165) is 25.9 Å². The molecular weight excluding hydrogens is 338 g/mol. The Kier molecular flexibility index (Phi) is 5.57. The van der Waals surface area contributed by atoms with Crippen molar-refractivity contribution in [2.24, 2.45) is 0 Å². The lowest BCUT2D eigenvalue weighted by Crippen LogP contribution is -2.46. The van der Waals surface area contributed by atoms with E-state index in [2.05, 4.69) is 20.2 Å². The van der Waals surface area contributed by atoms with Crippen LogP contribution in [0.1, 0.15) is 12.8 Å². The first-order chi connectivity index (χ1) is 12.6. The summed E-state index contributed by atoms with van der Waals surface area (Å²) in [6.07, 6.45) is 5.04. The van der Waals surface area contributed by atoms with E-state index < -0.39 is 4.92 Å². The predicted molar refractivity (Wildman–Crippen MR) is 94.0 cm³/mol. The van der Waals surface area contributed by atoms with E-state index in [9.17, 15) is 14.9 Å². The van der Waals surface area contributed by atoms with E-state index >= 15 is 0 Å². The molecule has 0 atom stereocenters. The molecule has 1 aromatic heterocycles. The SMILES string of the molecule is O=C(COc1ccc([N+](=O)[O-])cc1)NC1CCN(c2ncccn2)CC1. The summed E-state index contributed by atoms with van der Waals surface area (Å²) in [4.78, 5) is 32.7. The molecule has 1 N–H and O–H groups in total. The molecule has 9 heteroatoms. The van der Waals surface area contributed by atoms with Crippen molar-refractivity contribution in [3.63, 3.8) is 0 Å². The van der Waals surface area contributed by atoms with Crippen LogP contribution in [0.3, 0.4) is 0 Å². The van der Waals surface area contributed by atoms with Gasteiger partial charge in [-0.05, 0) is 31.0 Å². The molecule has 0 saturated carbocycles. The summed E-state index contributed by atoms with van der Waals surface area (Å²) in [5.41, 5.74) is -0.0176. The first-order valence-electron chi connectivity index (χ1n) is 8.30. The topological polar surface area (TPSA) is 110 Å². The number of benzene rings is 1. The quantitative estimate of drug-likeness (QED) is 0.617. The molecule has 0 bridgehead atoms. The van der Waals surface area contributed by atoms with Crippen molar-refractivity contribution in [1.29, 1.82) is 0 Å². The van der Waals surface area contributed by atoms with Crippen molar-refractivity contribution in [3.8, 4) is 5.75 Å². The zero-order valence-corrected chi connectivity index (χ0v) is 14.1. The number of carbonyl (C=O) groups excluding carboxylic acids is 1. The smallest absolute Gasteiger partial charge is 0.269 e. The highest BCUT2D eigenvalue weighted by atomic mass is 16.6. The van der Waals surface area contributed by atoms with Gasteiger partial charge in [-0.3, -0.25) is 14.9 Å². The summed E-state index contributed by atoms with van der Waals surface area (Å²) >= 11 is 0. The summed E-state index contributed by atoms with van der Waals surface area (Å²) in [5.74, 6) is 0.915.